The SMILES string of the molecule is O=C(CC(C(F)F)n1cccn1)Nc1ccc(F)c(-c2nn[nH]n2)c1. The Labute approximate surface area is 139 Å². The van der Waals surface area contributed by atoms with Gasteiger partial charge in [0.25, 0.3) is 6.43 Å². The first-order valence-electron chi connectivity index (χ1n) is 7.15. The Bertz CT molecular complexity index is 836. The summed E-state index contributed by atoms with van der Waals surface area (Å²) in [5.74, 6) is -1.26. The molecule has 0 radical (unpaired) electrons. The van der Waals surface area contributed by atoms with E-state index in [-0.39, 0.29) is 17.1 Å². The van der Waals surface area contributed by atoms with Crippen LogP contribution in [0.1, 0.15) is 12.5 Å². The van der Waals surface area contributed by atoms with Crippen LogP contribution in [-0.4, -0.2) is 42.7 Å². The Kier molecular flexibility index (Phi) is 4.73. The molecule has 8 nitrogen and oxygen atoms in total. The van der Waals surface area contributed by atoms with Crippen molar-refractivity contribution in [2.24, 2.45) is 0 Å². The average molecular weight is 351 g/mol. The number of alkyl halides is 2. The number of carbonyl (C=O) groups excluding carboxylic acids is 1. The van der Waals surface area contributed by atoms with Gasteiger partial charge < -0.3 is 5.32 Å². The van der Waals surface area contributed by atoms with Gasteiger partial charge in [0, 0.05) is 18.1 Å². The molecule has 0 aliphatic heterocycles. The smallest absolute Gasteiger partial charge is 0.261 e. The number of H-pyrrole nitrogens is 1. The number of aromatic nitrogens is 6. The van der Waals surface area contributed by atoms with Crippen molar-refractivity contribution in [3.8, 4) is 11.4 Å². The van der Waals surface area contributed by atoms with Crippen molar-refractivity contribution < 1.29 is 18.0 Å². The van der Waals surface area contributed by atoms with E-state index in [1.165, 1.54) is 30.6 Å². The van der Waals surface area contributed by atoms with Crippen LogP contribution in [0.2, 0.25) is 0 Å². The highest BCUT2D eigenvalue weighted by Gasteiger charge is 2.26. The van der Waals surface area contributed by atoms with Crippen LogP contribution in [-0.2, 0) is 4.79 Å². The van der Waals surface area contributed by atoms with E-state index in [0.717, 1.165) is 10.7 Å². The van der Waals surface area contributed by atoms with E-state index in [1.807, 2.05) is 0 Å². The lowest BCUT2D eigenvalue weighted by molar-refractivity contribution is -0.118. The van der Waals surface area contributed by atoms with Crippen LogP contribution >= 0.6 is 0 Å². The Morgan fingerprint density at radius 1 is 1.36 bits per heavy atom. The molecule has 2 N–H and O–H groups in total. The summed E-state index contributed by atoms with van der Waals surface area (Å²) in [5.41, 5.74) is 0.240. The molecule has 1 atom stereocenters. The van der Waals surface area contributed by atoms with E-state index in [9.17, 15) is 18.0 Å². The molecule has 0 saturated carbocycles. The Hall–Kier alpha value is -3.24. The maximum absolute atomic E-state index is 13.8. The predicted octanol–water partition coefficient (Wildman–Crippen LogP) is 2.04. The summed E-state index contributed by atoms with van der Waals surface area (Å²) in [5, 5.41) is 19.0. The number of amides is 1. The van der Waals surface area contributed by atoms with Gasteiger partial charge in [-0.1, -0.05) is 0 Å². The minimum absolute atomic E-state index is 0.00981. The Balaban J connectivity index is 1.74. The van der Waals surface area contributed by atoms with Gasteiger partial charge in [0.1, 0.15) is 11.9 Å². The van der Waals surface area contributed by atoms with E-state index >= 15 is 0 Å². The third-order valence-electron chi connectivity index (χ3n) is 3.39. The second-order valence-corrected chi connectivity index (χ2v) is 5.07. The van der Waals surface area contributed by atoms with Crippen molar-refractivity contribution in [2.45, 2.75) is 18.9 Å². The zero-order valence-electron chi connectivity index (χ0n) is 12.6. The maximum Gasteiger partial charge on any atom is 0.261 e. The first-order chi connectivity index (χ1) is 12.0. The molecule has 11 heteroatoms. The topological polar surface area (TPSA) is 101 Å². The van der Waals surface area contributed by atoms with Crippen LogP contribution in [0.5, 0.6) is 0 Å². The molecule has 0 bridgehead atoms. The number of halogens is 3. The molecule has 0 spiro atoms. The largest absolute Gasteiger partial charge is 0.326 e. The summed E-state index contributed by atoms with van der Waals surface area (Å²) in [7, 11) is 0. The highest BCUT2D eigenvalue weighted by atomic mass is 19.3. The molecular weight excluding hydrogens is 339 g/mol. The number of carbonyl (C=O) groups is 1. The summed E-state index contributed by atoms with van der Waals surface area (Å²) in [4.78, 5) is 12.1. The highest BCUT2D eigenvalue weighted by molar-refractivity contribution is 5.91. The van der Waals surface area contributed by atoms with Gasteiger partial charge >= 0.3 is 0 Å². The lowest BCUT2D eigenvalue weighted by Crippen LogP contribution is -2.24. The third-order valence-corrected chi connectivity index (χ3v) is 3.39. The maximum atomic E-state index is 13.8. The van der Waals surface area contributed by atoms with Crippen LogP contribution in [0.25, 0.3) is 11.4 Å². The van der Waals surface area contributed by atoms with E-state index < -0.39 is 30.6 Å². The fourth-order valence-electron chi connectivity index (χ4n) is 2.23. The van der Waals surface area contributed by atoms with Crippen molar-refractivity contribution in [1.29, 1.82) is 0 Å². The van der Waals surface area contributed by atoms with Gasteiger partial charge in [0.2, 0.25) is 11.7 Å². The van der Waals surface area contributed by atoms with Crippen molar-refractivity contribution in [2.75, 3.05) is 5.32 Å². The van der Waals surface area contributed by atoms with Crippen LogP contribution in [0, 0.1) is 5.82 Å². The number of benzene rings is 1. The molecule has 0 aliphatic carbocycles. The minimum atomic E-state index is -2.77. The number of aromatic amines is 1. The van der Waals surface area contributed by atoms with E-state index in [1.54, 1.807) is 0 Å². The Morgan fingerprint density at radius 2 is 2.20 bits per heavy atom. The zero-order chi connectivity index (χ0) is 17.8. The molecular formula is C14H12F3N7O. The molecule has 25 heavy (non-hydrogen) atoms. The van der Waals surface area contributed by atoms with Gasteiger partial charge in [-0.25, -0.2) is 13.2 Å². The lowest BCUT2D eigenvalue weighted by Gasteiger charge is -2.16. The fraction of sp³-hybridized carbons (Fsp3) is 0.214. The lowest BCUT2D eigenvalue weighted by atomic mass is 10.1. The highest BCUT2D eigenvalue weighted by Crippen LogP contribution is 2.24. The van der Waals surface area contributed by atoms with E-state index in [4.69, 9.17) is 0 Å². The molecule has 1 unspecified atom stereocenters. The van der Waals surface area contributed by atoms with Crippen LogP contribution in [0.4, 0.5) is 18.9 Å². The van der Waals surface area contributed by atoms with Gasteiger partial charge in [0.05, 0.1) is 12.0 Å². The number of hydrogen-bond donors (Lipinski definition) is 2. The van der Waals surface area contributed by atoms with Gasteiger partial charge in [0.15, 0.2) is 0 Å². The predicted molar refractivity (Wildman–Crippen MR) is 80.1 cm³/mol. The van der Waals surface area contributed by atoms with E-state index in [0.29, 0.717) is 0 Å². The van der Waals surface area contributed by atoms with Crippen LogP contribution < -0.4 is 5.32 Å². The summed E-state index contributed by atoms with van der Waals surface area (Å²) in [6.45, 7) is 0. The number of anilines is 1. The molecule has 3 rings (SSSR count). The molecule has 0 fully saturated rings. The number of nitrogens with zero attached hydrogens (tertiary/aromatic N) is 5. The first-order valence-corrected chi connectivity index (χ1v) is 7.15. The standard InChI is InChI=1S/C14H12F3N7O/c15-10-3-2-8(6-9(10)14-20-22-23-21-14)19-12(25)7-11(13(16)17)24-5-1-4-18-24/h1-6,11,13H,7H2,(H,19,25)(H,20,21,22,23). The minimum Gasteiger partial charge on any atom is -0.326 e. The number of rotatable bonds is 6. The van der Waals surface area contributed by atoms with Crippen molar-refractivity contribution in [1.82, 2.24) is 30.4 Å². The fourth-order valence-corrected chi connectivity index (χ4v) is 2.23. The normalized spacial score (nSPS) is 12.3. The number of nitrogens with one attached hydrogen (secondary N) is 2. The van der Waals surface area contributed by atoms with Gasteiger partial charge in [-0.05, 0) is 29.5 Å². The summed E-state index contributed by atoms with van der Waals surface area (Å²) >= 11 is 0. The molecule has 0 saturated heterocycles. The molecule has 3 aromatic rings. The van der Waals surface area contributed by atoms with Crippen LogP contribution in [0.3, 0.4) is 0 Å². The third kappa shape index (κ3) is 3.82. The molecule has 1 aromatic carbocycles. The average Bonchev–Trinajstić information content (AvgIpc) is 3.27. The van der Waals surface area contributed by atoms with Crippen molar-refractivity contribution in [3.05, 3.63) is 42.5 Å². The molecule has 2 heterocycles. The summed E-state index contributed by atoms with van der Waals surface area (Å²) < 4.78 is 41.1. The van der Waals surface area contributed by atoms with Crippen molar-refractivity contribution in [3.63, 3.8) is 0 Å². The van der Waals surface area contributed by atoms with Gasteiger partial charge in [-0.2, -0.15) is 10.3 Å². The molecule has 130 valence electrons. The van der Waals surface area contributed by atoms with Crippen LogP contribution in [0.15, 0.2) is 36.7 Å². The summed E-state index contributed by atoms with van der Waals surface area (Å²) in [6.07, 6.45) is -0.552. The quantitative estimate of drug-likeness (QED) is 0.708. The second-order valence-electron chi connectivity index (χ2n) is 5.07. The Morgan fingerprint density at radius 3 is 2.84 bits per heavy atom. The first kappa shape index (κ1) is 16.6. The summed E-state index contributed by atoms with van der Waals surface area (Å²) in [6, 6.07) is 3.81. The van der Waals surface area contributed by atoms with Gasteiger partial charge in [-0.15, -0.1) is 10.2 Å². The second kappa shape index (κ2) is 7.11. The molecule has 1 amide bonds. The van der Waals surface area contributed by atoms with Gasteiger partial charge in [-0.3, -0.25) is 9.48 Å². The zero-order valence-corrected chi connectivity index (χ0v) is 12.6. The number of tetrazole rings is 1. The van der Waals surface area contributed by atoms with E-state index in [2.05, 4.69) is 31.0 Å². The molecule has 2 aromatic heterocycles. The molecule has 0 aliphatic rings. The number of hydrogen-bond acceptors (Lipinski definition) is 5. The monoisotopic (exact) mass is 351 g/mol. The van der Waals surface area contributed by atoms with Crippen molar-refractivity contribution >= 4 is 11.6 Å².